The summed E-state index contributed by atoms with van der Waals surface area (Å²) >= 11 is 0. The molecule has 0 atom stereocenters. The fourth-order valence-corrected chi connectivity index (χ4v) is 0.934. The van der Waals surface area contributed by atoms with Crippen LogP contribution in [0.5, 0.6) is 0 Å². The molecule has 0 saturated carbocycles. The summed E-state index contributed by atoms with van der Waals surface area (Å²) in [6, 6.07) is 0. The van der Waals surface area contributed by atoms with Gasteiger partial charge in [0.25, 0.3) is 0 Å². The topological polar surface area (TPSA) is 88.1 Å². The number of esters is 2. The third-order valence-corrected chi connectivity index (χ3v) is 1.84. The van der Waals surface area contributed by atoms with Crippen LogP contribution in [0.25, 0.3) is 0 Å². The number of ether oxygens (including phenoxy) is 4. The van der Waals surface area contributed by atoms with Crippen LogP contribution in [0.1, 0.15) is 12.8 Å². The van der Waals surface area contributed by atoms with E-state index in [-0.39, 0.29) is 26.4 Å². The molecule has 7 heteroatoms. The first-order valence-corrected chi connectivity index (χ1v) is 5.98. The summed E-state index contributed by atoms with van der Waals surface area (Å²) in [5.41, 5.74) is 0. The number of rotatable bonds is 10. The van der Waals surface area contributed by atoms with Crippen molar-refractivity contribution in [1.82, 2.24) is 0 Å². The molecular weight excluding hydrogens is 268 g/mol. The van der Waals surface area contributed by atoms with E-state index in [1.807, 2.05) is 0 Å². The molecule has 0 aromatic carbocycles. The highest BCUT2D eigenvalue weighted by Gasteiger charge is 2.04. The number of carbonyl (C=O) groups is 3. The Balaban J connectivity index is 3.37. The maximum Gasteiger partial charge on any atom is 0.508 e. The predicted molar refractivity (Wildman–Crippen MR) is 68.8 cm³/mol. The minimum atomic E-state index is -0.824. The molecule has 7 nitrogen and oxygen atoms in total. The molecule has 0 radical (unpaired) electrons. The zero-order valence-electron chi connectivity index (χ0n) is 11.2. The van der Waals surface area contributed by atoms with E-state index in [0.29, 0.717) is 12.8 Å². The van der Waals surface area contributed by atoms with Crippen LogP contribution in [0.4, 0.5) is 4.79 Å². The Morgan fingerprint density at radius 1 is 0.700 bits per heavy atom. The lowest BCUT2D eigenvalue weighted by molar-refractivity contribution is -0.138. The van der Waals surface area contributed by atoms with Gasteiger partial charge < -0.3 is 18.9 Å². The first-order chi connectivity index (χ1) is 9.60. The molecule has 0 unspecified atom stereocenters. The molecule has 0 saturated heterocycles. The highest BCUT2D eigenvalue weighted by atomic mass is 16.7. The lowest BCUT2D eigenvalue weighted by Gasteiger charge is -2.06. The lowest BCUT2D eigenvalue weighted by atomic mass is 10.5. The van der Waals surface area contributed by atoms with Gasteiger partial charge in [0, 0.05) is 25.0 Å². The highest BCUT2D eigenvalue weighted by molar-refractivity contribution is 5.81. The Morgan fingerprint density at radius 2 is 1.05 bits per heavy atom. The molecule has 0 heterocycles. The SMILES string of the molecule is C=CC(=O)OCCCOC(=O)OCCCOC(=O)C=C. The van der Waals surface area contributed by atoms with Crippen molar-refractivity contribution in [3.05, 3.63) is 25.3 Å². The fraction of sp³-hybridized carbons (Fsp3) is 0.462. The Bertz CT molecular complexity index is 317. The molecule has 0 aliphatic carbocycles. The molecule has 0 N–H and O–H groups in total. The summed E-state index contributed by atoms with van der Waals surface area (Å²) < 4.78 is 18.8. The van der Waals surface area contributed by atoms with Crippen molar-refractivity contribution in [2.75, 3.05) is 26.4 Å². The molecule has 0 aliphatic heterocycles. The van der Waals surface area contributed by atoms with Crippen LogP contribution >= 0.6 is 0 Å². The predicted octanol–water partition coefficient (Wildman–Crippen LogP) is 1.38. The highest BCUT2D eigenvalue weighted by Crippen LogP contribution is 1.93. The van der Waals surface area contributed by atoms with Crippen LogP contribution in [0, 0.1) is 0 Å². The lowest BCUT2D eigenvalue weighted by Crippen LogP contribution is -2.13. The number of hydrogen-bond acceptors (Lipinski definition) is 7. The average molecular weight is 286 g/mol. The third kappa shape index (κ3) is 10.8. The van der Waals surface area contributed by atoms with E-state index < -0.39 is 18.1 Å². The van der Waals surface area contributed by atoms with E-state index in [9.17, 15) is 14.4 Å². The molecule has 0 amide bonds. The first-order valence-electron chi connectivity index (χ1n) is 5.98. The zero-order chi connectivity index (χ0) is 15.2. The van der Waals surface area contributed by atoms with Gasteiger partial charge in [0.2, 0.25) is 0 Å². The van der Waals surface area contributed by atoms with Crippen LogP contribution in [0.3, 0.4) is 0 Å². The van der Waals surface area contributed by atoms with Crippen LogP contribution < -0.4 is 0 Å². The Kier molecular flexibility index (Phi) is 10.4. The van der Waals surface area contributed by atoms with Gasteiger partial charge in [0.15, 0.2) is 0 Å². The maximum absolute atomic E-state index is 11.1. The van der Waals surface area contributed by atoms with E-state index in [0.717, 1.165) is 12.2 Å². The van der Waals surface area contributed by atoms with Crippen molar-refractivity contribution < 1.29 is 33.3 Å². The van der Waals surface area contributed by atoms with Gasteiger partial charge in [-0.2, -0.15) is 0 Å². The molecule has 0 rings (SSSR count). The van der Waals surface area contributed by atoms with E-state index in [1.165, 1.54) is 0 Å². The number of hydrogen-bond donors (Lipinski definition) is 0. The van der Waals surface area contributed by atoms with Gasteiger partial charge in [-0.25, -0.2) is 14.4 Å². The quantitative estimate of drug-likeness (QED) is 0.259. The Morgan fingerprint density at radius 3 is 1.40 bits per heavy atom. The summed E-state index contributed by atoms with van der Waals surface area (Å²) in [5.74, 6) is -1.05. The van der Waals surface area contributed by atoms with Crippen molar-refractivity contribution in [3.8, 4) is 0 Å². The van der Waals surface area contributed by atoms with Gasteiger partial charge in [-0.15, -0.1) is 0 Å². The standard InChI is InChI=1S/C13H18O7/c1-3-11(14)17-7-5-9-19-13(16)20-10-6-8-18-12(15)4-2/h3-4H,1-2,5-10H2. The van der Waals surface area contributed by atoms with Crippen LogP contribution in [-0.2, 0) is 28.5 Å². The molecule has 0 aromatic rings. The zero-order valence-corrected chi connectivity index (χ0v) is 11.2. The summed E-state index contributed by atoms with van der Waals surface area (Å²) in [4.78, 5) is 32.4. The van der Waals surface area contributed by atoms with Crippen LogP contribution in [0.2, 0.25) is 0 Å². The minimum absolute atomic E-state index is 0.0781. The second kappa shape index (κ2) is 11.8. The normalized spacial score (nSPS) is 9.20. The molecule has 20 heavy (non-hydrogen) atoms. The van der Waals surface area contributed by atoms with Gasteiger partial charge in [-0.1, -0.05) is 13.2 Å². The summed E-state index contributed by atoms with van der Waals surface area (Å²) in [6.07, 6.45) is 2.01. The van der Waals surface area contributed by atoms with Gasteiger partial charge in [-0.05, 0) is 0 Å². The Hall–Kier alpha value is -2.31. The summed E-state index contributed by atoms with van der Waals surface area (Å²) in [5, 5.41) is 0. The summed E-state index contributed by atoms with van der Waals surface area (Å²) in [6.45, 7) is 6.90. The molecule has 0 aliphatic rings. The van der Waals surface area contributed by atoms with Crippen molar-refractivity contribution in [1.29, 1.82) is 0 Å². The van der Waals surface area contributed by atoms with Crippen molar-refractivity contribution in [2.24, 2.45) is 0 Å². The second-order valence-corrected chi connectivity index (χ2v) is 3.40. The van der Waals surface area contributed by atoms with Crippen LogP contribution in [-0.4, -0.2) is 44.5 Å². The van der Waals surface area contributed by atoms with E-state index >= 15 is 0 Å². The number of carbonyl (C=O) groups excluding carboxylic acids is 3. The minimum Gasteiger partial charge on any atom is -0.462 e. The van der Waals surface area contributed by atoms with Gasteiger partial charge >= 0.3 is 18.1 Å². The van der Waals surface area contributed by atoms with Crippen molar-refractivity contribution in [2.45, 2.75) is 12.8 Å². The first kappa shape index (κ1) is 17.7. The largest absolute Gasteiger partial charge is 0.508 e. The maximum atomic E-state index is 11.1. The van der Waals surface area contributed by atoms with Gasteiger partial charge in [0.05, 0.1) is 26.4 Å². The molecule has 0 bridgehead atoms. The smallest absolute Gasteiger partial charge is 0.462 e. The van der Waals surface area contributed by atoms with E-state index in [2.05, 4.69) is 22.6 Å². The van der Waals surface area contributed by atoms with E-state index in [4.69, 9.17) is 9.47 Å². The molecule has 0 aromatic heterocycles. The van der Waals surface area contributed by atoms with Gasteiger partial charge in [-0.3, -0.25) is 0 Å². The third-order valence-electron chi connectivity index (χ3n) is 1.84. The molecular formula is C13H18O7. The van der Waals surface area contributed by atoms with E-state index in [1.54, 1.807) is 0 Å². The monoisotopic (exact) mass is 286 g/mol. The van der Waals surface area contributed by atoms with Crippen molar-refractivity contribution in [3.63, 3.8) is 0 Å². The molecule has 112 valence electrons. The molecule has 0 fully saturated rings. The molecule has 0 spiro atoms. The second-order valence-electron chi connectivity index (χ2n) is 3.40. The Labute approximate surface area is 117 Å². The fourth-order valence-electron chi connectivity index (χ4n) is 0.934. The summed E-state index contributed by atoms with van der Waals surface area (Å²) in [7, 11) is 0. The van der Waals surface area contributed by atoms with Gasteiger partial charge in [0.1, 0.15) is 0 Å². The average Bonchev–Trinajstić information content (AvgIpc) is 2.45. The van der Waals surface area contributed by atoms with Crippen LogP contribution in [0.15, 0.2) is 25.3 Å². The van der Waals surface area contributed by atoms with Crippen molar-refractivity contribution >= 4 is 18.1 Å².